The summed E-state index contributed by atoms with van der Waals surface area (Å²) in [5, 5.41) is 0. The Kier molecular flexibility index (Phi) is 3.82. The molecule has 1 aliphatic carbocycles. The van der Waals surface area contributed by atoms with E-state index in [2.05, 4.69) is 0 Å². The van der Waals surface area contributed by atoms with E-state index in [9.17, 15) is 14.4 Å². The maximum Gasteiger partial charge on any atom is 0.509 e. The molecule has 1 aromatic rings. The average Bonchev–Trinajstić information content (AvgIpc) is 2.90. The molecule has 0 aromatic heterocycles. The van der Waals surface area contributed by atoms with Crippen molar-refractivity contribution in [2.45, 2.75) is 45.3 Å². The number of carbonyl (C=O) groups excluding carboxylic acids is 3. The van der Waals surface area contributed by atoms with Crippen molar-refractivity contribution in [2.24, 2.45) is 5.41 Å². The summed E-state index contributed by atoms with van der Waals surface area (Å²) < 4.78 is 11.2. The smallest absolute Gasteiger partial charge is 0.422 e. The van der Waals surface area contributed by atoms with Crippen LogP contribution in [0.5, 0.6) is 0 Å². The molecule has 0 bridgehead atoms. The minimum absolute atomic E-state index is 0.454. The number of hydrogen-bond acceptors (Lipinski definition) is 5. The normalized spacial score (nSPS) is 28.5. The van der Waals surface area contributed by atoms with Gasteiger partial charge in [0.05, 0.1) is 0 Å². The maximum atomic E-state index is 12.0. The van der Waals surface area contributed by atoms with Crippen LogP contribution in [0.1, 0.15) is 55.6 Å². The average molecular weight is 328 g/mol. The van der Waals surface area contributed by atoms with E-state index in [0.29, 0.717) is 29.5 Å². The van der Waals surface area contributed by atoms with Gasteiger partial charge in [0.1, 0.15) is 12.6 Å². The van der Waals surface area contributed by atoms with Crippen molar-refractivity contribution < 1.29 is 23.9 Å². The van der Waals surface area contributed by atoms with E-state index >= 15 is 0 Å². The van der Waals surface area contributed by atoms with Gasteiger partial charge in [-0.25, -0.2) is 4.79 Å². The first-order valence-electron chi connectivity index (χ1n) is 7.96. The van der Waals surface area contributed by atoms with Crippen LogP contribution in [0.2, 0.25) is 0 Å². The number of allylic oxidation sites excluding steroid dienone is 1. The molecule has 0 radical (unpaired) electrons. The van der Waals surface area contributed by atoms with Crippen LogP contribution < -0.4 is 0 Å². The first-order chi connectivity index (χ1) is 11.4. The molecule has 0 unspecified atom stereocenters. The number of ether oxygens (including phenoxy) is 2. The Bertz CT molecular complexity index is 746. The van der Waals surface area contributed by atoms with Crippen LogP contribution in [0.15, 0.2) is 35.4 Å². The van der Waals surface area contributed by atoms with Crippen molar-refractivity contribution in [1.82, 2.24) is 0 Å². The Morgan fingerprint density at radius 2 is 1.88 bits per heavy atom. The molecule has 1 aliphatic heterocycles. The second kappa shape index (κ2) is 5.58. The van der Waals surface area contributed by atoms with Gasteiger partial charge in [-0.1, -0.05) is 43.7 Å². The van der Waals surface area contributed by atoms with E-state index in [1.165, 1.54) is 0 Å². The molecule has 24 heavy (non-hydrogen) atoms. The molecular weight excluding hydrogens is 308 g/mol. The lowest BCUT2D eigenvalue weighted by molar-refractivity contribution is -0.111. The van der Waals surface area contributed by atoms with Gasteiger partial charge in [0, 0.05) is 22.1 Å². The van der Waals surface area contributed by atoms with Gasteiger partial charge < -0.3 is 9.47 Å². The lowest BCUT2D eigenvalue weighted by Gasteiger charge is -2.48. The number of rotatable bonds is 3. The molecule has 2 aliphatic rings. The molecule has 5 nitrogen and oxygen atoms in total. The molecule has 0 N–H and O–H groups in total. The molecule has 1 fully saturated rings. The van der Waals surface area contributed by atoms with E-state index in [1.807, 2.05) is 20.8 Å². The highest BCUT2D eigenvalue weighted by molar-refractivity contribution is 5.80. The van der Waals surface area contributed by atoms with Gasteiger partial charge in [0.15, 0.2) is 11.7 Å². The Morgan fingerprint density at radius 3 is 2.54 bits per heavy atom. The van der Waals surface area contributed by atoms with Gasteiger partial charge >= 0.3 is 6.16 Å². The third-order valence-corrected chi connectivity index (χ3v) is 5.49. The van der Waals surface area contributed by atoms with Gasteiger partial charge in [-0.3, -0.25) is 9.59 Å². The summed E-state index contributed by atoms with van der Waals surface area (Å²) in [5.74, 6) is 0. The largest absolute Gasteiger partial charge is 0.509 e. The van der Waals surface area contributed by atoms with Gasteiger partial charge in [-0.2, -0.15) is 0 Å². The van der Waals surface area contributed by atoms with Crippen LogP contribution in [0, 0.1) is 5.41 Å². The fourth-order valence-electron chi connectivity index (χ4n) is 4.06. The number of aldehydes is 2. The van der Waals surface area contributed by atoms with E-state index in [0.717, 1.165) is 18.1 Å². The first-order valence-corrected chi connectivity index (χ1v) is 7.96. The molecule has 3 rings (SSSR count). The maximum absolute atomic E-state index is 12.0. The van der Waals surface area contributed by atoms with Crippen LogP contribution in [-0.4, -0.2) is 24.3 Å². The summed E-state index contributed by atoms with van der Waals surface area (Å²) in [6.45, 7) is 5.69. The monoisotopic (exact) mass is 328 g/mol. The zero-order valence-electron chi connectivity index (χ0n) is 14.0. The lowest BCUT2D eigenvalue weighted by Crippen LogP contribution is -2.52. The van der Waals surface area contributed by atoms with Crippen LogP contribution >= 0.6 is 0 Å². The summed E-state index contributed by atoms with van der Waals surface area (Å²) in [6.07, 6.45) is 1.25. The summed E-state index contributed by atoms with van der Waals surface area (Å²) in [7, 11) is 0. The number of hydrogen-bond donors (Lipinski definition) is 0. The van der Waals surface area contributed by atoms with Crippen molar-refractivity contribution in [2.75, 3.05) is 0 Å². The second-order valence-electron chi connectivity index (χ2n) is 6.92. The predicted octanol–water partition coefficient (Wildman–Crippen LogP) is 3.78. The summed E-state index contributed by atoms with van der Waals surface area (Å²) in [5.41, 5.74) is 0.931. The molecule has 0 amide bonds. The highest BCUT2D eigenvalue weighted by Crippen LogP contribution is 2.58. The fourth-order valence-corrected chi connectivity index (χ4v) is 4.06. The van der Waals surface area contributed by atoms with Crippen LogP contribution in [0.3, 0.4) is 0 Å². The van der Waals surface area contributed by atoms with Crippen LogP contribution in [0.4, 0.5) is 4.79 Å². The fraction of sp³-hybridized carbons (Fsp3) is 0.421. The van der Waals surface area contributed by atoms with E-state index in [4.69, 9.17) is 9.47 Å². The van der Waals surface area contributed by atoms with Gasteiger partial charge in [0.2, 0.25) is 0 Å². The van der Waals surface area contributed by atoms with E-state index in [-0.39, 0.29) is 0 Å². The Morgan fingerprint density at radius 1 is 1.17 bits per heavy atom. The van der Waals surface area contributed by atoms with Crippen molar-refractivity contribution in [3.05, 3.63) is 46.5 Å². The number of carbonyl (C=O) groups is 3. The summed E-state index contributed by atoms with van der Waals surface area (Å²) >= 11 is 0. The molecule has 1 saturated heterocycles. The van der Waals surface area contributed by atoms with Crippen molar-refractivity contribution >= 4 is 18.7 Å². The Labute approximate surface area is 140 Å². The molecule has 2 atom stereocenters. The lowest BCUT2D eigenvalue weighted by atomic mass is 9.59. The van der Waals surface area contributed by atoms with Gasteiger partial charge in [-0.05, 0) is 19.8 Å². The summed E-state index contributed by atoms with van der Waals surface area (Å²) in [6, 6.07) is 6.99. The quantitative estimate of drug-likeness (QED) is 0.624. The van der Waals surface area contributed by atoms with Crippen molar-refractivity contribution in [3.8, 4) is 0 Å². The zero-order valence-corrected chi connectivity index (χ0v) is 14.0. The molecule has 1 aromatic carbocycles. The van der Waals surface area contributed by atoms with Gasteiger partial charge in [-0.15, -0.1) is 0 Å². The predicted molar refractivity (Wildman–Crippen MR) is 86.6 cm³/mol. The van der Waals surface area contributed by atoms with Crippen molar-refractivity contribution in [3.63, 3.8) is 0 Å². The minimum Gasteiger partial charge on any atom is -0.422 e. The highest BCUT2D eigenvalue weighted by atomic mass is 16.8. The molecule has 1 heterocycles. The standard InChI is InChI=1S/C19H20O5/c1-12-8-9-19(18(2,3)15(12)11-21)16(23-17(22)24-19)14-7-5-4-6-13(14)10-20/h4-7,10-11,16H,8-9H2,1-3H3/t16-,19+/m0/s1. The highest BCUT2D eigenvalue weighted by Gasteiger charge is 2.63. The zero-order chi connectivity index (χ0) is 17.5. The molecule has 1 spiro atoms. The number of benzene rings is 1. The second-order valence-corrected chi connectivity index (χ2v) is 6.92. The topological polar surface area (TPSA) is 69.7 Å². The molecule has 126 valence electrons. The molecular formula is C19H20O5. The van der Waals surface area contributed by atoms with E-state index < -0.39 is 23.3 Å². The third kappa shape index (κ3) is 2.11. The summed E-state index contributed by atoms with van der Waals surface area (Å²) in [4.78, 5) is 35.1. The Hall–Kier alpha value is -2.43. The van der Waals surface area contributed by atoms with Gasteiger partial charge in [0.25, 0.3) is 0 Å². The molecule has 5 heteroatoms. The minimum atomic E-state index is -1.01. The number of cyclic esters (lactones) is 1. The third-order valence-electron chi connectivity index (χ3n) is 5.49. The van der Waals surface area contributed by atoms with Crippen LogP contribution in [0.25, 0.3) is 0 Å². The Balaban J connectivity index is 2.20. The van der Waals surface area contributed by atoms with Crippen molar-refractivity contribution in [1.29, 1.82) is 0 Å². The SMILES string of the molecule is CC1=C(C=O)C(C)(C)[C@]2(CC1)OC(=O)O[C@H]2c1ccccc1C=O. The van der Waals surface area contributed by atoms with E-state index in [1.54, 1.807) is 24.3 Å². The molecule has 0 saturated carbocycles. The van der Waals surface area contributed by atoms with Crippen LogP contribution in [-0.2, 0) is 14.3 Å². The first kappa shape index (κ1) is 16.4.